The van der Waals surface area contributed by atoms with E-state index in [1.165, 1.54) is 28.3 Å². The summed E-state index contributed by atoms with van der Waals surface area (Å²) < 4.78 is 0.645. The van der Waals surface area contributed by atoms with Crippen molar-refractivity contribution >= 4 is 80.9 Å². The Bertz CT molecular complexity index is 1490. The Morgan fingerprint density at radius 3 is 2.32 bits per heavy atom. The summed E-state index contributed by atoms with van der Waals surface area (Å²) in [7, 11) is 0. The van der Waals surface area contributed by atoms with Crippen LogP contribution in [-0.4, -0.2) is 63.1 Å². The third kappa shape index (κ3) is 7.26. The summed E-state index contributed by atoms with van der Waals surface area (Å²) in [6.07, 6.45) is 3.18. The Kier molecular flexibility index (Phi) is 9.57. The van der Waals surface area contributed by atoms with E-state index in [1.54, 1.807) is 48.5 Å². The molecule has 0 spiro atoms. The molecular weight excluding hydrogens is 597 g/mol. The first-order valence-corrected chi connectivity index (χ1v) is 15.2. The number of amides is 2. The smallest absolute Gasteiger partial charge is 0.247 e. The summed E-state index contributed by atoms with van der Waals surface area (Å²) in [6, 6.07) is 21.9. The van der Waals surface area contributed by atoms with Gasteiger partial charge >= 0.3 is 0 Å². The molecule has 0 saturated carbocycles. The quantitative estimate of drug-likeness (QED) is 0.131. The number of nitrogens with zero attached hydrogens (tertiary/aromatic N) is 3. The van der Waals surface area contributed by atoms with E-state index in [4.69, 9.17) is 35.4 Å². The average Bonchev–Trinajstić information content (AvgIpc) is 3.26. The predicted octanol–water partition coefficient (Wildman–Crippen LogP) is 6.36. The first-order chi connectivity index (χ1) is 19.8. The molecule has 0 bridgehead atoms. The maximum atomic E-state index is 13.2. The molecule has 3 aromatic carbocycles. The van der Waals surface area contributed by atoms with Crippen LogP contribution in [0.25, 0.3) is 6.08 Å². The molecule has 41 heavy (non-hydrogen) atoms. The second-order valence-corrected chi connectivity index (χ2v) is 12.5. The van der Waals surface area contributed by atoms with E-state index in [-0.39, 0.29) is 24.0 Å². The summed E-state index contributed by atoms with van der Waals surface area (Å²) in [5, 5.41) is 0.286. The van der Waals surface area contributed by atoms with Crippen molar-refractivity contribution in [2.24, 2.45) is 0 Å². The number of halogens is 2. The molecule has 1 atom stereocenters. The van der Waals surface area contributed by atoms with Gasteiger partial charge in [-0.25, -0.2) is 4.90 Å². The van der Waals surface area contributed by atoms with Gasteiger partial charge in [-0.2, -0.15) is 0 Å². The number of allylic oxidation sites excluding steroid dienone is 1. The lowest BCUT2D eigenvalue weighted by Gasteiger charge is -2.36. The molecular formula is C31H27Cl2N3O3S2. The fraction of sp³-hybridized carbons (Fsp3) is 0.226. The Hall–Kier alpha value is -3.01. The van der Waals surface area contributed by atoms with Crippen molar-refractivity contribution in [3.05, 3.63) is 106 Å². The molecule has 5 rings (SSSR count). The van der Waals surface area contributed by atoms with Crippen molar-refractivity contribution in [2.45, 2.75) is 18.2 Å². The van der Waals surface area contributed by atoms with Gasteiger partial charge < -0.3 is 4.90 Å². The van der Waals surface area contributed by atoms with Gasteiger partial charge in [-0.3, -0.25) is 19.3 Å². The fourth-order valence-electron chi connectivity index (χ4n) is 4.75. The van der Waals surface area contributed by atoms with E-state index in [0.29, 0.717) is 25.6 Å². The number of anilines is 1. The number of carbonyl (C=O) groups excluding carboxylic acids is 3. The van der Waals surface area contributed by atoms with E-state index >= 15 is 0 Å². The van der Waals surface area contributed by atoms with Crippen molar-refractivity contribution in [3.63, 3.8) is 0 Å². The normalized spacial score (nSPS) is 18.0. The van der Waals surface area contributed by atoms with E-state index < -0.39 is 5.25 Å². The number of carbonyl (C=O) groups is 3. The van der Waals surface area contributed by atoms with Crippen molar-refractivity contribution < 1.29 is 14.4 Å². The largest absolute Gasteiger partial charge is 0.355 e. The second-order valence-electron chi connectivity index (χ2n) is 9.81. The van der Waals surface area contributed by atoms with Crippen LogP contribution < -0.4 is 4.90 Å². The monoisotopic (exact) mass is 623 g/mol. The number of benzene rings is 3. The summed E-state index contributed by atoms with van der Waals surface area (Å²) >= 11 is 18.9. The molecule has 2 fully saturated rings. The summed E-state index contributed by atoms with van der Waals surface area (Å²) in [4.78, 5) is 44.4. The lowest BCUT2D eigenvalue weighted by molar-refractivity contribution is -0.121. The molecule has 2 amide bonds. The zero-order valence-corrected chi connectivity index (χ0v) is 25.2. The third-order valence-electron chi connectivity index (χ3n) is 7.01. The van der Waals surface area contributed by atoms with Crippen LogP contribution in [0.1, 0.15) is 27.9 Å². The van der Waals surface area contributed by atoms with Gasteiger partial charge in [0.1, 0.15) is 9.57 Å². The minimum absolute atomic E-state index is 0.0880. The molecule has 2 aliphatic rings. The minimum Gasteiger partial charge on any atom is -0.355 e. The highest BCUT2D eigenvalue weighted by molar-refractivity contribution is 8.23. The molecule has 2 saturated heterocycles. The molecule has 6 nitrogen and oxygen atoms in total. The maximum absolute atomic E-state index is 13.2. The van der Waals surface area contributed by atoms with Gasteiger partial charge in [0.2, 0.25) is 11.8 Å². The van der Waals surface area contributed by atoms with Crippen molar-refractivity contribution in [3.8, 4) is 0 Å². The van der Waals surface area contributed by atoms with Crippen molar-refractivity contribution in [1.29, 1.82) is 0 Å². The highest BCUT2D eigenvalue weighted by Crippen LogP contribution is 2.32. The molecule has 2 heterocycles. The van der Waals surface area contributed by atoms with Crippen molar-refractivity contribution in [2.75, 3.05) is 31.1 Å². The Morgan fingerprint density at radius 1 is 0.927 bits per heavy atom. The summed E-state index contributed by atoms with van der Waals surface area (Å²) in [5.41, 5.74) is 2.90. The SMILES string of the molecule is O=C(/C=C/c1ccc(Cl)c(Cl)c1)c1ccc(N2C(=O)C[C@H](SC(=S)N3CCN(Cc4ccccc4)CC3)C2=O)cc1. The van der Waals surface area contributed by atoms with Crippen LogP contribution in [0.3, 0.4) is 0 Å². The molecule has 3 aromatic rings. The first kappa shape index (κ1) is 29.5. The fourth-order valence-corrected chi connectivity index (χ4v) is 6.60. The molecule has 0 N–H and O–H groups in total. The second kappa shape index (κ2) is 13.3. The van der Waals surface area contributed by atoms with Gasteiger partial charge in [0, 0.05) is 44.7 Å². The number of piperazine rings is 1. The maximum Gasteiger partial charge on any atom is 0.247 e. The van der Waals surface area contributed by atoms with Crippen LogP contribution in [-0.2, 0) is 16.1 Å². The Labute approximate surface area is 258 Å². The van der Waals surface area contributed by atoms with Gasteiger partial charge in [-0.15, -0.1) is 0 Å². The topological polar surface area (TPSA) is 60.9 Å². The molecule has 0 aromatic heterocycles. The zero-order valence-electron chi connectivity index (χ0n) is 22.0. The van der Waals surface area contributed by atoms with Gasteiger partial charge in [-0.1, -0.05) is 89.7 Å². The standard InChI is InChI=1S/C31H27Cl2N3O3S2/c32-25-12-6-21(18-26(25)33)7-13-27(37)23-8-10-24(11-9-23)36-29(38)19-28(30(36)39)41-31(40)35-16-14-34(15-17-35)20-22-4-2-1-3-5-22/h1-13,18,28H,14-17,19-20H2/b13-7+/t28-/m0/s1. The number of hydrogen-bond donors (Lipinski definition) is 0. The summed E-state index contributed by atoms with van der Waals surface area (Å²) in [6.45, 7) is 4.23. The third-order valence-corrected chi connectivity index (χ3v) is 9.41. The number of ketones is 1. The van der Waals surface area contributed by atoms with Crippen LogP contribution in [0.4, 0.5) is 5.69 Å². The van der Waals surface area contributed by atoms with Crippen LogP contribution >= 0.6 is 47.2 Å². The molecule has 0 aliphatic carbocycles. The number of rotatable bonds is 7. The highest BCUT2D eigenvalue weighted by Gasteiger charge is 2.41. The minimum atomic E-state index is -0.562. The summed E-state index contributed by atoms with van der Waals surface area (Å²) in [5.74, 6) is -0.783. The molecule has 2 aliphatic heterocycles. The molecule has 0 unspecified atom stereocenters. The highest BCUT2D eigenvalue weighted by atomic mass is 35.5. The lowest BCUT2D eigenvalue weighted by Crippen LogP contribution is -2.47. The van der Waals surface area contributed by atoms with E-state index in [2.05, 4.69) is 21.9 Å². The van der Waals surface area contributed by atoms with Crippen LogP contribution in [0, 0.1) is 0 Å². The predicted molar refractivity (Wildman–Crippen MR) is 171 cm³/mol. The van der Waals surface area contributed by atoms with Gasteiger partial charge in [0.25, 0.3) is 0 Å². The number of thioether (sulfide) groups is 1. The van der Waals surface area contributed by atoms with Gasteiger partial charge in [0.15, 0.2) is 5.78 Å². The zero-order chi connectivity index (χ0) is 28.9. The lowest BCUT2D eigenvalue weighted by atomic mass is 10.1. The van der Waals surface area contributed by atoms with Crippen LogP contribution in [0.2, 0.25) is 10.0 Å². The van der Waals surface area contributed by atoms with E-state index in [1.807, 2.05) is 18.2 Å². The molecule has 10 heteroatoms. The van der Waals surface area contributed by atoms with Gasteiger partial charge in [-0.05, 0) is 53.6 Å². The van der Waals surface area contributed by atoms with Gasteiger partial charge in [0.05, 0.1) is 15.7 Å². The Morgan fingerprint density at radius 2 is 1.63 bits per heavy atom. The first-order valence-electron chi connectivity index (χ1n) is 13.1. The van der Waals surface area contributed by atoms with Crippen LogP contribution in [0.15, 0.2) is 78.9 Å². The van der Waals surface area contributed by atoms with Crippen LogP contribution in [0.5, 0.6) is 0 Å². The van der Waals surface area contributed by atoms with Crippen molar-refractivity contribution in [1.82, 2.24) is 9.80 Å². The number of hydrogen-bond acceptors (Lipinski definition) is 6. The number of imide groups is 1. The molecule has 0 radical (unpaired) electrons. The molecule has 210 valence electrons. The Balaban J connectivity index is 1.14. The van der Waals surface area contributed by atoms with E-state index in [9.17, 15) is 14.4 Å². The average molecular weight is 625 g/mol. The van der Waals surface area contributed by atoms with E-state index in [0.717, 1.165) is 38.3 Å². The number of thiocarbonyl (C=S) groups is 1.